The summed E-state index contributed by atoms with van der Waals surface area (Å²) in [5.41, 5.74) is 3.25. The molecule has 2 N–H and O–H groups in total. The lowest BCUT2D eigenvalue weighted by Crippen LogP contribution is -2.27. The van der Waals surface area contributed by atoms with E-state index in [-0.39, 0.29) is 5.91 Å². The molecular formula is C21H26N6O. The van der Waals surface area contributed by atoms with E-state index in [1.165, 1.54) is 19.3 Å². The predicted octanol–water partition coefficient (Wildman–Crippen LogP) is 3.52. The van der Waals surface area contributed by atoms with Gasteiger partial charge >= 0.3 is 0 Å². The zero-order valence-corrected chi connectivity index (χ0v) is 16.2. The van der Waals surface area contributed by atoms with Crippen molar-refractivity contribution < 1.29 is 4.79 Å². The van der Waals surface area contributed by atoms with Gasteiger partial charge in [0, 0.05) is 37.7 Å². The molecule has 0 saturated heterocycles. The first-order valence-corrected chi connectivity index (χ1v) is 10.0. The predicted molar refractivity (Wildman–Crippen MR) is 109 cm³/mol. The summed E-state index contributed by atoms with van der Waals surface area (Å²) >= 11 is 0. The van der Waals surface area contributed by atoms with Crippen molar-refractivity contribution in [2.24, 2.45) is 0 Å². The molecule has 0 radical (unpaired) electrons. The third-order valence-corrected chi connectivity index (χ3v) is 5.37. The Morgan fingerprint density at radius 3 is 2.71 bits per heavy atom. The highest BCUT2D eigenvalue weighted by molar-refractivity contribution is 6.06. The van der Waals surface area contributed by atoms with Crippen LogP contribution in [-0.2, 0) is 13.1 Å². The molecule has 0 bridgehead atoms. The number of carbonyl (C=O) groups excluding carboxylic acids is 1. The lowest BCUT2D eigenvalue weighted by Gasteiger charge is -2.25. The second kappa shape index (κ2) is 8.37. The van der Waals surface area contributed by atoms with Crippen LogP contribution in [0.2, 0.25) is 0 Å². The summed E-state index contributed by atoms with van der Waals surface area (Å²) in [7, 11) is 0. The number of nitrogens with one attached hydrogen (secondary N) is 2. The molecule has 1 aliphatic carbocycles. The third kappa shape index (κ3) is 3.83. The number of pyridine rings is 2. The minimum atomic E-state index is -0.131. The SMILES string of the molecule is CCn1ncc2c(NC3CCCCC3)c(C(=O)NCc3ccncc3)cnc21. The zero-order valence-electron chi connectivity index (χ0n) is 16.2. The van der Waals surface area contributed by atoms with E-state index in [4.69, 9.17) is 0 Å². The number of hydrogen-bond acceptors (Lipinski definition) is 5. The van der Waals surface area contributed by atoms with Gasteiger partial charge in [0.1, 0.15) is 0 Å². The van der Waals surface area contributed by atoms with Crippen molar-refractivity contribution >= 4 is 22.6 Å². The fraction of sp³-hybridized carbons (Fsp3) is 0.429. The van der Waals surface area contributed by atoms with Crippen molar-refractivity contribution in [3.8, 4) is 0 Å². The molecule has 4 rings (SSSR count). The summed E-state index contributed by atoms with van der Waals surface area (Å²) in [4.78, 5) is 21.5. The molecule has 3 aromatic heterocycles. The first-order valence-electron chi connectivity index (χ1n) is 10.0. The second-order valence-electron chi connectivity index (χ2n) is 7.26. The van der Waals surface area contributed by atoms with E-state index in [1.807, 2.05) is 29.9 Å². The number of aromatic nitrogens is 4. The Bertz CT molecular complexity index is 946. The summed E-state index contributed by atoms with van der Waals surface area (Å²) in [5.74, 6) is -0.131. The minimum absolute atomic E-state index is 0.131. The van der Waals surface area contributed by atoms with Crippen LogP contribution in [0.4, 0.5) is 5.69 Å². The van der Waals surface area contributed by atoms with E-state index < -0.39 is 0 Å². The molecule has 0 atom stereocenters. The van der Waals surface area contributed by atoms with E-state index in [9.17, 15) is 4.79 Å². The summed E-state index contributed by atoms with van der Waals surface area (Å²) in [5, 5.41) is 12.0. The highest BCUT2D eigenvalue weighted by Gasteiger charge is 2.21. The molecule has 3 aromatic rings. The number of aryl methyl sites for hydroxylation is 1. The van der Waals surface area contributed by atoms with Crippen LogP contribution < -0.4 is 10.6 Å². The number of fused-ring (bicyclic) bond motifs is 1. The lowest BCUT2D eigenvalue weighted by molar-refractivity contribution is 0.0951. The van der Waals surface area contributed by atoms with Crippen molar-refractivity contribution in [1.82, 2.24) is 25.1 Å². The lowest BCUT2D eigenvalue weighted by atomic mass is 9.95. The standard InChI is InChI=1S/C21H26N6O/c1-2-27-20-17(14-25-27)19(26-16-6-4-3-5-7-16)18(13-23-20)21(28)24-12-15-8-10-22-11-9-15/h8-11,13-14,16H,2-7,12H2,1H3,(H,23,26)(H,24,28). The Balaban J connectivity index is 1.63. The topological polar surface area (TPSA) is 84.7 Å². The largest absolute Gasteiger partial charge is 0.381 e. The second-order valence-corrected chi connectivity index (χ2v) is 7.26. The van der Waals surface area contributed by atoms with Crippen LogP contribution in [0.15, 0.2) is 36.9 Å². The van der Waals surface area contributed by atoms with E-state index in [1.54, 1.807) is 18.6 Å². The molecular weight excluding hydrogens is 352 g/mol. The number of carbonyl (C=O) groups is 1. The quantitative estimate of drug-likeness (QED) is 0.685. The Labute approximate surface area is 164 Å². The molecule has 7 nitrogen and oxygen atoms in total. The van der Waals surface area contributed by atoms with Crippen molar-refractivity contribution in [2.45, 2.75) is 58.2 Å². The fourth-order valence-electron chi connectivity index (χ4n) is 3.82. The highest BCUT2D eigenvalue weighted by atomic mass is 16.1. The smallest absolute Gasteiger partial charge is 0.255 e. The minimum Gasteiger partial charge on any atom is -0.381 e. The van der Waals surface area contributed by atoms with Crippen LogP contribution in [0, 0.1) is 0 Å². The van der Waals surface area contributed by atoms with Crippen LogP contribution in [0.1, 0.15) is 54.9 Å². The molecule has 146 valence electrons. The first-order chi connectivity index (χ1) is 13.8. The Morgan fingerprint density at radius 2 is 1.96 bits per heavy atom. The first kappa shape index (κ1) is 18.4. The summed E-state index contributed by atoms with van der Waals surface area (Å²) in [6, 6.07) is 4.18. The number of anilines is 1. The van der Waals surface area contributed by atoms with Gasteiger partial charge in [-0.15, -0.1) is 0 Å². The van der Waals surface area contributed by atoms with Crippen molar-refractivity contribution in [3.63, 3.8) is 0 Å². The molecule has 0 spiro atoms. The Hall–Kier alpha value is -2.96. The van der Waals surface area contributed by atoms with Crippen LogP contribution in [0.5, 0.6) is 0 Å². The summed E-state index contributed by atoms with van der Waals surface area (Å²) in [6.07, 6.45) is 12.9. The van der Waals surface area contributed by atoms with Gasteiger partial charge in [-0.05, 0) is 37.5 Å². The van der Waals surface area contributed by atoms with Gasteiger partial charge in [-0.25, -0.2) is 9.67 Å². The number of hydrogen-bond donors (Lipinski definition) is 2. The third-order valence-electron chi connectivity index (χ3n) is 5.37. The van der Waals surface area contributed by atoms with Gasteiger partial charge in [0.05, 0.1) is 22.8 Å². The Morgan fingerprint density at radius 1 is 1.18 bits per heavy atom. The van der Waals surface area contributed by atoms with Crippen molar-refractivity contribution in [1.29, 1.82) is 0 Å². The highest BCUT2D eigenvalue weighted by Crippen LogP contribution is 2.29. The molecule has 1 amide bonds. The van der Waals surface area contributed by atoms with Crippen molar-refractivity contribution in [3.05, 3.63) is 48.0 Å². The van der Waals surface area contributed by atoms with Crippen molar-refractivity contribution in [2.75, 3.05) is 5.32 Å². The molecule has 0 aliphatic heterocycles. The average Bonchev–Trinajstić information content (AvgIpc) is 3.17. The van der Waals surface area contributed by atoms with Crippen LogP contribution >= 0.6 is 0 Å². The van der Waals surface area contributed by atoms with Gasteiger partial charge in [0.15, 0.2) is 5.65 Å². The number of rotatable bonds is 6. The summed E-state index contributed by atoms with van der Waals surface area (Å²) < 4.78 is 1.86. The Kier molecular flexibility index (Phi) is 5.50. The van der Waals surface area contributed by atoms with E-state index in [0.717, 1.165) is 41.7 Å². The van der Waals surface area contributed by atoms with E-state index in [0.29, 0.717) is 18.2 Å². The molecule has 7 heteroatoms. The molecule has 1 fully saturated rings. The van der Waals surface area contributed by atoms with Crippen LogP contribution in [0.25, 0.3) is 11.0 Å². The van der Waals surface area contributed by atoms with E-state index >= 15 is 0 Å². The molecule has 0 aromatic carbocycles. The molecule has 28 heavy (non-hydrogen) atoms. The van der Waals surface area contributed by atoms with Gasteiger partial charge in [-0.2, -0.15) is 5.10 Å². The average molecular weight is 378 g/mol. The normalized spacial score (nSPS) is 14.9. The van der Waals surface area contributed by atoms with Gasteiger partial charge in [0.2, 0.25) is 0 Å². The van der Waals surface area contributed by atoms with Crippen LogP contribution in [-0.4, -0.2) is 31.7 Å². The number of nitrogens with zero attached hydrogens (tertiary/aromatic N) is 4. The maximum atomic E-state index is 13.0. The van der Waals surface area contributed by atoms with Gasteiger partial charge in [-0.1, -0.05) is 19.3 Å². The van der Waals surface area contributed by atoms with Gasteiger partial charge in [0.25, 0.3) is 5.91 Å². The monoisotopic (exact) mass is 378 g/mol. The fourth-order valence-corrected chi connectivity index (χ4v) is 3.82. The molecule has 1 saturated carbocycles. The number of amides is 1. The molecule has 1 aliphatic rings. The zero-order chi connectivity index (χ0) is 19.3. The van der Waals surface area contributed by atoms with Gasteiger partial charge < -0.3 is 10.6 Å². The van der Waals surface area contributed by atoms with Crippen LogP contribution in [0.3, 0.4) is 0 Å². The maximum absolute atomic E-state index is 13.0. The molecule has 3 heterocycles. The van der Waals surface area contributed by atoms with Gasteiger partial charge in [-0.3, -0.25) is 9.78 Å². The maximum Gasteiger partial charge on any atom is 0.255 e. The summed E-state index contributed by atoms with van der Waals surface area (Å²) in [6.45, 7) is 3.24. The van der Waals surface area contributed by atoms with E-state index in [2.05, 4.69) is 25.7 Å². The molecule has 0 unspecified atom stereocenters.